The standard InChI is InChI=1S/C20H16F3N5O2/c1-12-16(3-2-9-24-12)30-18-7-6-17(26-27-18)25-19(29)28-10-8-13-4-5-14(11-15(13)28)20(21,22)23/h2-7,9,11H,8,10H2,1H3,(H,25,26,29). The zero-order valence-electron chi connectivity index (χ0n) is 15.8. The van der Waals surface area contributed by atoms with Crippen LogP contribution >= 0.6 is 0 Å². The van der Waals surface area contributed by atoms with Gasteiger partial charge in [0.05, 0.1) is 11.3 Å². The molecule has 3 heterocycles. The first-order valence-electron chi connectivity index (χ1n) is 9.03. The van der Waals surface area contributed by atoms with Gasteiger partial charge in [0, 0.05) is 24.5 Å². The summed E-state index contributed by atoms with van der Waals surface area (Å²) in [4.78, 5) is 18.0. The Hall–Kier alpha value is -3.69. The second kappa shape index (κ2) is 7.62. The molecule has 0 unspecified atom stereocenters. The topological polar surface area (TPSA) is 80.2 Å². The molecule has 2 amide bonds. The van der Waals surface area contributed by atoms with Gasteiger partial charge in [-0.05, 0) is 49.2 Å². The minimum absolute atomic E-state index is 0.149. The van der Waals surface area contributed by atoms with Crippen LogP contribution in [0.3, 0.4) is 0 Å². The number of alkyl halides is 3. The number of ether oxygens (including phenoxy) is 1. The van der Waals surface area contributed by atoms with Crippen LogP contribution in [0.1, 0.15) is 16.8 Å². The van der Waals surface area contributed by atoms with Crippen molar-refractivity contribution in [1.29, 1.82) is 0 Å². The number of pyridine rings is 1. The van der Waals surface area contributed by atoms with E-state index in [0.717, 1.165) is 12.1 Å². The molecule has 30 heavy (non-hydrogen) atoms. The van der Waals surface area contributed by atoms with Crippen LogP contribution in [-0.2, 0) is 12.6 Å². The van der Waals surface area contributed by atoms with Gasteiger partial charge in [0.25, 0.3) is 0 Å². The maximum Gasteiger partial charge on any atom is 0.416 e. The third-order valence-corrected chi connectivity index (χ3v) is 4.60. The van der Waals surface area contributed by atoms with Gasteiger partial charge in [0.15, 0.2) is 11.6 Å². The molecule has 3 aromatic rings. The van der Waals surface area contributed by atoms with Crippen molar-refractivity contribution in [3.05, 3.63) is 65.5 Å². The molecule has 0 fully saturated rings. The van der Waals surface area contributed by atoms with Gasteiger partial charge < -0.3 is 4.74 Å². The second-order valence-corrected chi connectivity index (χ2v) is 6.62. The van der Waals surface area contributed by atoms with Gasteiger partial charge in [0.1, 0.15) is 0 Å². The fraction of sp³-hybridized carbons (Fsp3) is 0.200. The lowest BCUT2D eigenvalue weighted by atomic mass is 10.1. The number of halogens is 3. The van der Waals surface area contributed by atoms with Gasteiger partial charge in [-0.1, -0.05) is 6.07 Å². The van der Waals surface area contributed by atoms with E-state index >= 15 is 0 Å². The highest BCUT2D eigenvalue weighted by Gasteiger charge is 2.34. The Morgan fingerprint density at radius 3 is 2.70 bits per heavy atom. The molecule has 4 rings (SSSR count). The summed E-state index contributed by atoms with van der Waals surface area (Å²) in [6.07, 6.45) is -2.36. The normalized spacial score (nSPS) is 13.1. The molecule has 7 nitrogen and oxygen atoms in total. The van der Waals surface area contributed by atoms with Crippen LogP contribution in [0.2, 0.25) is 0 Å². The monoisotopic (exact) mass is 415 g/mol. The van der Waals surface area contributed by atoms with Gasteiger partial charge in [0.2, 0.25) is 5.88 Å². The molecule has 0 spiro atoms. The summed E-state index contributed by atoms with van der Waals surface area (Å²) in [6.45, 7) is 2.06. The highest BCUT2D eigenvalue weighted by atomic mass is 19.4. The smallest absolute Gasteiger partial charge is 0.416 e. The number of hydrogen-bond donors (Lipinski definition) is 1. The van der Waals surface area contributed by atoms with Gasteiger partial charge >= 0.3 is 12.2 Å². The maximum absolute atomic E-state index is 13.0. The first-order chi connectivity index (χ1) is 14.3. The molecule has 10 heteroatoms. The second-order valence-electron chi connectivity index (χ2n) is 6.62. The van der Waals surface area contributed by atoms with Crippen LogP contribution < -0.4 is 15.0 Å². The summed E-state index contributed by atoms with van der Waals surface area (Å²) in [5, 5.41) is 10.3. The fourth-order valence-corrected chi connectivity index (χ4v) is 3.07. The Kier molecular flexibility index (Phi) is 4.98. The largest absolute Gasteiger partial charge is 0.436 e. The number of carbonyl (C=O) groups excluding carboxylic acids is 1. The van der Waals surface area contributed by atoms with Crippen LogP contribution in [0.5, 0.6) is 11.6 Å². The molecular formula is C20H16F3N5O2. The zero-order chi connectivity index (χ0) is 21.3. The van der Waals surface area contributed by atoms with E-state index in [1.807, 2.05) is 0 Å². The Labute approximate surface area is 169 Å². The molecular weight excluding hydrogens is 399 g/mol. The minimum atomic E-state index is -4.48. The molecule has 1 aliphatic rings. The number of nitrogens with zero attached hydrogens (tertiary/aromatic N) is 4. The molecule has 1 N–H and O–H groups in total. The third-order valence-electron chi connectivity index (χ3n) is 4.60. The lowest BCUT2D eigenvalue weighted by Crippen LogP contribution is -2.33. The van der Waals surface area contributed by atoms with E-state index in [4.69, 9.17) is 4.74 Å². The first kappa shape index (κ1) is 19.6. The van der Waals surface area contributed by atoms with Gasteiger partial charge in [-0.3, -0.25) is 15.2 Å². The number of nitrogens with one attached hydrogen (secondary N) is 1. The van der Waals surface area contributed by atoms with E-state index in [0.29, 0.717) is 23.4 Å². The zero-order valence-corrected chi connectivity index (χ0v) is 15.8. The third kappa shape index (κ3) is 4.02. The number of hydrogen-bond acceptors (Lipinski definition) is 5. The minimum Gasteiger partial charge on any atom is -0.436 e. The molecule has 0 aliphatic carbocycles. The van der Waals surface area contributed by atoms with Crippen molar-refractivity contribution in [1.82, 2.24) is 15.2 Å². The van der Waals surface area contributed by atoms with E-state index in [1.165, 1.54) is 23.1 Å². The number of fused-ring (bicyclic) bond motifs is 1. The van der Waals surface area contributed by atoms with E-state index in [1.54, 1.807) is 25.3 Å². The molecule has 1 aliphatic heterocycles. The van der Waals surface area contributed by atoms with Crippen molar-refractivity contribution < 1.29 is 22.7 Å². The summed E-state index contributed by atoms with van der Waals surface area (Å²) in [6, 6.07) is 9.30. The molecule has 1 aromatic carbocycles. The highest BCUT2D eigenvalue weighted by Crippen LogP contribution is 2.36. The van der Waals surface area contributed by atoms with E-state index < -0.39 is 17.8 Å². The lowest BCUT2D eigenvalue weighted by Gasteiger charge is -2.19. The summed E-state index contributed by atoms with van der Waals surface area (Å²) in [5.74, 6) is 0.888. The maximum atomic E-state index is 13.0. The summed E-state index contributed by atoms with van der Waals surface area (Å²) >= 11 is 0. The number of anilines is 2. The van der Waals surface area contributed by atoms with Crippen LogP contribution in [0.4, 0.5) is 29.5 Å². The molecule has 0 atom stereocenters. The van der Waals surface area contributed by atoms with Crippen molar-refractivity contribution in [2.75, 3.05) is 16.8 Å². The van der Waals surface area contributed by atoms with Crippen LogP contribution in [0.25, 0.3) is 0 Å². The number of benzene rings is 1. The van der Waals surface area contributed by atoms with Crippen molar-refractivity contribution in [3.8, 4) is 11.6 Å². The molecule has 0 saturated heterocycles. The van der Waals surface area contributed by atoms with Gasteiger partial charge in [-0.15, -0.1) is 10.2 Å². The number of aromatic nitrogens is 3. The highest BCUT2D eigenvalue weighted by molar-refractivity contribution is 6.02. The lowest BCUT2D eigenvalue weighted by molar-refractivity contribution is -0.137. The molecule has 0 radical (unpaired) electrons. The molecule has 0 saturated carbocycles. The van der Waals surface area contributed by atoms with Crippen LogP contribution in [0.15, 0.2) is 48.7 Å². The predicted molar refractivity (Wildman–Crippen MR) is 103 cm³/mol. The van der Waals surface area contributed by atoms with E-state index in [-0.39, 0.29) is 23.9 Å². The quantitative estimate of drug-likeness (QED) is 0.677. The van der Waals surface area contributed by atoms with Crippen LogP contribution in [0, 0.1) is 6.92 Å². The van der Waals surface area contributed by atoms with Crippen molar-refractivity contribution in [2.45, 2.75) is 19.5 Å². The van der Waals surface area contributed by atoms with Crippen LogP contribution in [-0.4, -0.2) is 27.8 Å². The van der Waals surface area contributed by atoms with Crippen molar-refractivity contribution >= 4 is 17.5 Å². The summed E-state index contributed by atoms with van der Waals surface area (Å²) in [7, 11) is 0. The SMILES string of the molecule is Cc1ncccc1Oc1ccc(NC(=O)N2CCc3ccc(C(F)(F)F)cc32)nn1. The first-order valence-corrected chi connectivity index (χ1v) is 9.03. The molecule has 0 bridgehead atoms. The average molecular weight is 415 g/mol. The average Bonchev–Trinajstić information content (AvgIpc) is 3.14. The fourth-order valence-electron chi connectivity index (χ4n) is 3.07. The van der Waals surface area contributed by atoms with Crippen molar-refractivity contribution in [3.63, 3.8) is 0 Å². The number of amides is 2. The Morgan fingerprint density at radius 1 is 1.17 bits per heavy atom. The number of carbonyl (C=O) groups is 1. The summed E-state index contributed by atoms with van der Waals surface area (Å²) in [5.41, 5.74) is 0.803. The number of rotatable bonds is 3. The Bertz CT molecular complexity index is 1090. The number of urea groups is 1. The van der Waals surface area contributed by atoms with E-state index in [9.17, 15) is 18.0 Å². The van der Waals surface area contributed by atoms with Crippen molar-refractivity contribution in [2.24, 2.45) is 0 Å². The Morgan fingerprint density at radius 2 is 2.00 bits per heavy atom. The van der Waals surface area contributed by atoms with Gasteiger partial charge in [-0.25, -0.2) is 4.79 Å². The molecule has 154 valence electrons. The van der Waals surface area contributed by atoms with Gasteiger partial charge in [-0.2, -0.15) is 13.2 Å². The number of aryl methyl sites for hydroxylation is 1. The predicted octanol–water partition coefficient (Wildman–Crippen LogP) is 4.59. The molecule has 2 aromatic heterocycles. The summed E-state index contributed by atoms with van der Waals surface area (Å²) < 4.78 is 44.6. The van der Waals surface area contributed by atoms with E-state index in [2.05, 4.69) is 20.5 Å². The Balaban J connectivity index is 1.46.